The molecule has 0 bridgehead atoms. The van der Waals surface area contributed by atoms with E-state index in [2.05, 4.69) is 5.32 Å². The van der Waals surface area contributed by atoms with Gasteiger partial charge in [0.1, 0.15) is 6.04 Å². The van der Waals surface area contributed by atoms with Crippen LogP contribution in [-0.2, 0) is 29.0 Å². The summed E-state index contributed by atoms with van der Waals surface area (Å²) in [5.74, 6) is -0.323. The molecule has 4 aromatic rings. The second-order valence-electron chi connectivity index (χ2n) is 8.65. The van der Waals surface area contributed by atoms with E-state index >= 15 is 0 Å². The van der Waals surface area contributed by atoms with Crippen molar-refractivity contribution in [3.05, 3.63) is 143 Å². The Bertz CT molecular complexity index is 1250. The molecule has 1 atom stereocenters. The summed E-state index contributed by atoms with van der Waals surface area (Å²) in [6, 6.07) is 35.7. The van der Waals surface area contributed by atoms with Crippen molar-refractivity contribution in [2.45, 2.75) is 25.4 Å². The van der Waals surface area contributed by atoms with Crippen LogP contribution in [-0.4, -0.2) is 23.3 Å². The number of hydrogen-bond acceptors (Lipinski definition) is 2. The summed E-state index contributed by atoms with van der Waals surface area (Å²) in [4.78, 5) is 29.0. The minimum absolute atomic E-state index is 0.122. The standard InChI is InChI=1S/C31H29ClN2O2/c32-28-18-16-26(17-19-28)23-34(29(35)22-25-12-6-2-7-13-25)30(27-14-8-3-9-15-27)31(36)33-21-20-24-10-4-1-5-11-24/h1-19,30H,20-23H2,(H,33,36)/t30-/m0/s1. The quantitative estimate of drug-likeness (QED) is 0.292. The van der Waals surface area contributed by atoms with Crippen LogP contribution in [0.15, 0.2) is 115 Å². The predicted molar refractivity (Wildman–Crippen MR) is 144 cm³/mol. The molecule has 0 radical (unpaired) electrons. The molecule has 0 fully saturated rings. The summed E-state index contributed by atoms with van der Waals surface area (Å²) in [7, 11) is 0. The summed E-state index contributed by atoms with van der Waals surface area (Å²) >= 11 is 6.09. The third-order valence-electron chi connectivity index (χ3n) is 6.02. The second-order valence-corrected chi connectivity index (χ2v) is 9.09. The minimum atomic E-state index is -0.770. The summed E-state index contributed by atoms with van der Waals surface area (Å²) < 4.78 is 0. The zero-order valence-electron chi connectivity index (χ0n) is 20.0. The first kappa shape index (κ1) is 25.2. The molecule has 4 rings (SSSR count). The van der Waals surface area contributed by atoms with E-state index in [-0.39, 0.29) is 24.8 Å². The first-order valence-electron chi connectivity index (χ1n) is 12.0. The zero-order valence-corrected chi connectivity index (χ0v) is 20.8. The molecule has 0 saturated heterocycles. The highest BCUT2D eigenvalue weighted by molar-refractivity contribution is 6.30. The van der Waals surface area contributed by atoms with Gasteiger partial charge in [0.05, 0.1) is 6.42 Å². The van der Waals surface area contributed by atoms with E-state index in [4.69, 9.17) is 11.6 Å². The van der Waals surface area contributed by atoms with Gasteiger partial charge in [0.15, 0.2) is 0 Å². The van der Waals surface area contributed by atoms with Gasteiger partial charge in [0, 0.05) is 18.1 Å². The fourth-order valence-corrected chi connectivity index (χ4v) is 4.29. The van der Waals surface area contributed by atoms with Crippen molar-refractivity contribution in [1.29, 1.82) is 0 Å². The topological polar surface area (TPSA) is 49.4 Å². The van der Waals surface area contributed by atoms with Crippen LogP contribution in [0.2, 0.25) is 5.02 Å². The molecule has 4 nitrogen and oxygen atoms in total. The van der Waals surface area contributed by atoms with Gasteiger partial charge < -0.3 is 10.2 Å². The summed E-state index contributed by atoms with van der Waals surface area (Å²) in [6.45, 7) is 0.766. The monoisotopic (exact) mass is 496 g/mol. The Morgan fingerprint density at radius 2 is 1.25 bits per heavy atom. The zero-order chi connectivity index (χ0) is 25.2. The van der Waals surface area contributed by atoms with Gasteiger partial charge in [0.2, 0.25) is 11.8 Å². The number of hydrogen-bond donors (Lipinski definition) is 1. The first-order chi connectivity index (χ1) is 17.6. The van der Waals surface area contributed by atoms with Gasteiger partial charge in [-0.15, -0.1) is 0 Å². The van der Waals surface area contributed by atoms with E-state index in [1.165, 1.54) is 0 Å². The Morgan fingerprint density at radius 3 is 1.86 bits per heavy atom. The van der Waals surface area contributed by atoms with Crippen molar-refractivity contribution in [3.8, 4) is 0 Å². The number of halogens is 1. The van der Waals surface area contributed by atoms with Crippen LogP contribution in [0.4, 0.5) is 0 Å². The van der Waals surface area contributed by atoms with Crippen LogP contribution in [0.5, 0.6) is 0 Å². The first-order valence-corrected chi connectivity index (χ1v) is 12.4. The highest BCUT2D eigenvalue weighted by Crippen LogP contribution is 2.25. The lowest BCUT2D eigenvalue weighted by molar-refractivity contribution is -0.141. The van der Waals surface area contributed by atoms with Crippen LogP contribution >= 0.6 is 11.6 Å². The number of rotatable bonds is 10. The van der Waals surface area contributed by atoms with Crippen LogP contribution in [0.3, 0.4) is 0 Å². The molecule has 36 heavy (non-hydrogen) atoms. The minimum Gasteiger partial charge on any atom is -0.354 e. The highest BCUT2D eigenvalue weighted by Gasteiger charge is 2.31. The van der Waals surface area contributed by atoms with Gasteiger partial charge in [-0.05, 0) is 40.8 Å². The third kappa shape index (κ3) is 7.06. The van der Waals surface area contributed by atoms with Gasteiger partial charge in [-0.25, -0.2) is 0 Å². The van der Waals surface area contributed by atoms with E-state index in [1.54, 1.807) is 17.0 Å². The van der Waals surface area contributed by atoms with Gasteiger partial charge in [-0.2, -0.15) is 0 Å². The molecule has 4 aromatic carbocycles. The van der Waals surface area contributed by atoms with E-state index < -0.39 is 6.04 Å². The maximum absolute atomic E-state index is 13.7. The molecule has 182 valence electrons. The fourth-order valence-electron chi connectivity index (χ4n) is 4.16. The van der Waals surface area contributed by atoms with Crippen LogP contribution < -0.4 is 5.32 Å². The van der Waals surface area contributed by atoms with Gasteiger partial charge in [-0.1, -0.05) is 115 Å². The molecule has 0 aromatic heterocycles. The van der Waals surface area contributed by atoms with Crippen molar-refractivity contribution in [2.75, 3.05) is 6.54 Å². The molecule has 0 unspecified atom stereocenters. The lowest BCUT2D eigenvalue weighted by Gasteiger charge is -2.32. The normalized spacial score (nSPS) is 11.5. The molecule has 0 spiro atoms. The summed E-state index contributed by atoms with van der Waals surface area (Å²) in [5, 5.41) is 3.69. The highest BCUT2D eigenvalue weighted by atomic mass is 35.5. The van der Waals surface area contributed by atoms with Gasteiger partial charge >= 0.3 is 0 Å². The van der Waals surface area contributed by atoms with Gasteiger partial charge in [0.25, 0.3) is 0 Å². The number of amides is 2. The lowest BCUT2D eigenvalue weighted by atomic mass is 10.0. The maximum Gasteiger partial charge on any atom is 0.247 e. The Morgan fingerprint density at radius 1 is 0.694 bits per heavy atom. The molecule has 0 aliphatic rings. The number of carbonyl (C=O) groups is 2. The number of benzene rings is 4. The number of nitrogens with zero attached hydrogens (tertiary/aromatic N) is 1. The Balaban J connectivity index is 1.62. The van der Waals surface area contributed by atoms with Crippen molar-refractivity contribution < 1.29 is 9.59 Å². The molecule has 0 heterocycles. The molecular weight excluding hydrogens is 468 g/mol. The van der Waals surface area contributed by atoms with E-state index in [1.807, 2.05) is 103 Å². The van der Waals surface area contributed by atoms with Crippen LogP contribution in [0.1, 0.15) is 28.3 Å². The van der Waals surface area contributed by atoms with Crippen molar-refractivity contribution >= 4 is 23.4 Å². The van der Waals surface area contributed by atoms with Crippen molar-refractivity contribution in [3.63, 3.8) is 0 Å². The maximum atomic E-state index is 13.7. The largest absolute Gasteiger partial charge is 0.354 e. The molecule has 0 aliphatic carbocycles. The van der Waals surface area contributed by atoms with Crippen molar-refractivity contribution in [1.82, 2.24) is 10.2 Å². The average molecular weight is 497 g/mol. The van der Waals surface area contributed by atoms with Crippen LogP contribution in [0, 0.1) is 0 Å². The van der Waals surface area contributed by atoms with E-state index in [0.29, 0.717) is 18.0 Å². The Kier molecular flexibility index (Phi) is 8.90. The van der Waals surface area contributed by atoms with Crippen molar-refractivity contribution in [2.24, 2.45) is 0 Å². The number of carbonyl (C=O) groups excluding carboxylic acids is 2. The second kappa shape index (κ2) is 12.7. The van der Waals surface area contributed by atoms with E-state index in [9.17, 15) is 9.59 Å². The summed E-state index contributed by atoms with van der Waals surface area (Å²) in [5.41, 5.74) is 3.72. The Labute approximate surface area is 217 Å². The lowest BCUT2D eigenvalue weighted by Crippen LogP contribution is -2.44. The third-order valence-corrected chi connectivity index (χ3v) is 6.27. The SMILES string of the molecule is O=C(NCCc1ccccc1)[C@H](c1ccccc1)N(Cc1ccc(Cl)cc1)C(=O)Cc1ccccc1. The van der Waals surface area contributed by atoms with E-state index in [0.717, 1.165) is 22.3 Å². The van der Waals surface area contributed by atoms with Gasteiger partial charge in [-0.3, -0.25) is 9.59 Å². The molecular formula is C31H29ClN2O2. The fraction of sp³-hybridized carbons (Fsp3) is 0.161. The molecule has 0 aliphatic heterocycles. The predicted octanol–water partition coefficient (Wildman–Crippen LogP) is 6.01. The smallest absolute Gasteiger partial charge is 0.247 e. The summed E-state index contributed by atoms with van der Waals surface area (Å²) in [6.07, 6.45) is 0.915. The average Bonchev–Trinajstić information content (AvgIpc) is 2.91. The van der Waals surface area contributed by atoms with Crippen LogP contribution in [0.25, 0.3) is 0 Å². The number of nitrogens with one attached hydrogen (secondary N) is 1. The molecule has 5 heteroatoms. The Hall–Kier alpha value is -3.89. The molecule has 0 saturated carbocycles. The molecule has 1 N–H and O–H groups in total. The molecule has 2 amide bonds.